The first-order chi connectivity index (χ1) is 13.1. The summed E-state index contributed by atoms with van der Waals surface area (Å²) < 4.78 is 11.2. The average Bonchev–Trinajstić information content (AvgIpc) is 3.35. The molecule has 3 aromatic rings. The molecule has 1 fully saturated rings. The molecule has 27 heavy (non-hydrogen) atoms. The van der Waals surface area contributed by atoms with E-state index in [9.17, 15) is 4.79 Å². The fraction of sp³-hybridized carbons (Fsp3) is 0.350. The molecule has 0 N–H and O–H groups in total. The SMILES string of the molecule is CN(C)C1CCN(C(=O)c2cc(COc3cccc4cnccc34)on2)C1. The van der Waals surface area contributed by atoms with Gasteiger partial charge in [0.15, 0.2) is 11.5 Å². The van der Waals surface area contributed by atoms with Crippen LogP contribution in [0.25, 0.3) is 10.8 Å². The van der Waals surface area contributed by atoms with Crippen LogP contribution >= 0.6 is 0 Å². The number of rotatable bonds is 5. The zero-order valence-corrected chi connectivity index (χ0v) is 15.5. The van der Waals surface area contributed by atoms with E-state index in [1.807, 2.05) is 43.3 Å². The van der Waals surface area contributed by atoms with E-state index in [0.717, 1.165) is 29.5 Å². The standard InChI is InChI=1S/C20H22N4O3/c1-23(2)15-7-9-24(12-15)20(25)18-10-16(27-22-18)13-26-19-5-3-4-14-11-21-8-6-17(14)19/h3-6,8,10-11,15H,7,9,12-13H2,1-2H3. The number of carbonyl (C=O) groups is 1. The van der Waals surface area contributed by atoms with Gasteiger partial charge in [0.1, 0.15) is 12.4 Å². The maximum Gasteiger partial charge on any atom is 0.276 e. The van der Waals surface area contributed by atoms with Crippen molar-refractivity contribution in [3.05, 3.63) is 54.2 Å². The van der Waals surface area contributed by atoms with Crippen molar-refractivity contribution in [1.29, 1.82) is 0 Å². The van der Waals surface area contributed by atoms with Gasteiger partial charge in [0, 0.05) is 48.4 Å². The number of ether oxygens (including phenoxy) is 1. The first kappa shape index (κ1) is 17.5. The third kappa shape index (κ3) is 3.64. The molecule has 1 atom stereocenters. The molecule has 0 radical (unpaired) electrons. The Kier molecular flexibility index (Phi) is 4.77. The fourth-order valence-corrected chi connectivity index (χ4v) is 3.36. The second-order valence-corrected chi connectivity index (χ2v) is 6.98. The van der Waals surface area contributed by atoms with Gasteiger partial charge in [-0.05, 0) is 32.6 Å². The number of pyridine rings is 1. The minimum atomic E-state index is -0.0921. The minimum absolute atomic E-state index is 0.0921. The van der Waals surface area contributed by atoms with E-state index in [1.54, 1.807) is 18.5 Å². The normalized spacial score (nSPS) is 17.0. The molecular formula is C20H22N4O3. The molecule has 140 valence electrons. The monoisotopic (exact) mass is 366 g/mol. The first-order valence-corrected chi connectivity index (χ1v) is 8.98. The molecule has 1 aromatic carbocycles. The Labute approximate surface area is 157 Å². The Morgan fingerprint density at radius 1 is 1.37 bits per heavy atom. The lowest BCUT2D eigenvalue weighted by molar-refractivity contribution is 0.0772. The number of aromatic nitrogens is 2. The van der Waals surface area contributed by atoms with Gasteiger partial charge in [-0.25, -0.2) is 0 Å². The van der Waals surface area contributed by atoms with Crippen LogP contribution in [0.3, 0.4) is 0 Å². The molecule has 0 saturated carbocycles. The van der Waals surface area contributed by atoms with E-state index < -0.39 is 0 Å². The number of nitrogens with zero attached hydrogens (tertiary/aromatic N) is 4. The van der Waals surface area contributed by atoms with Crippen LogP contribution in [0.2, 0.25) is 0 Å². The number of hydrogen-bond donors (Lipinski definition) is 0. The van der Waals surface area contributed by atoms with E-state index in [1.165, 1.54) is 0 Å². The molecule has 1 aliphatic heterocycles. The van der Waals surface area contributed by atoms with Gasteiger partial charge in [0.25, 0.3) is 5.91 Å². The molecule has 7 nitrogen and oxygen atoms in total. The second-order valence-electron chi connectivity index (χ2n) is 6.98. The van der Waals surface area contributed by atoms with Crippen LogP contribution in [0.1, 0.15) is 22.7 Å². The topological polar surface area (TPSA) is 71.7 Å². The summed E-state index contributed by atoms with van der Waals surface area (Å²) in [5.74, 6) is 1.17. The minimum Gasteiger partial charge on any atom is -0.485 e. The third-order valence-electron chi connectivity index (χ3n) is 4.97. The average molecular weight is 366 g/mol. The zero-order chi connectivity index (χ0) is 18.8. The largest absolute Gasteiger partial charge is 0.485 e. The van der Waals surface area contributed by atoms with Gasteiger partial charge in [-0.15, -0.1) is 0 Å². The highest BCUT2D eigenvalue weighted by atomic mass is 16.5. The summed E-state index contributed by atoms with van der Waals surface area (Å²) in [6.45, 7) is 1.67. The molecule has 1 amide bonds. The lowest BCUT2D eigenvalue weighted by Gasteiger charge is -2.19. The first-order valence-electron chi connectivity index (χ1n) is 8.98. The highest BCUT2D eigenvalue weighted by molar-refractivity contribution is 5.92. The smallest absolute Gasteiger partial charge is 0.276 e. The predicted molar refractivity (Wildman–Crippen MR) is 101 cm³/mol. The quantitative estimate of drug-likeness (QED) is 0.691. The summed E-state index contributed by atoms with van der Waals surface area (Å²) in [7, 11) is 4.07. The molecule has 0 aliphatic carbocycles. The van der Waals surface area contributed by atoms with Crippen LogP contribution in [0, 0.1) is 0 Å². The van der Waals surface area contributed by atoms with E-state index >= 15 is 0 Å². The molecule has 4 rings (SSSR count). The number of hydrogen-bond acceptors (Lipinski definition) is 6. The number of fused-ring (bicyclic) bond motifs is 1. The summed E-state index contributed by atoms with van der Waals surface area (Å²) in [6, 6.07) is 9.77. The summed E-state index contributed by atoms with van der Waals surface area (Å²) in [5, 5.41) is 5.92. The van der Waals surface area contributed by atoms with Crippen molar-refractivity contribution in [2.75, 3.05) is 27.2 Å². The second kappa shape index (κ2) is 7.36. The Balaban J connectivity index is 1.42. The van der Waals surface area contributed by atoms with Crippen molar-refractivity contribution in [2.24, 2.45) is 0 Å². The number of benzene rings is 1. The number of carbonyl (C=O) groups excluding carboxylic acids is 1. The molecule has 0 spiro atoms. The predicted octanol–water partition coefficient (Wildman–Crippen LogP) is 2.58. The van der Waals surface area contributed by atoms with E-state index in [4.69, 9.17) is 9.26 Å². The Hall–Kier alpha value is -2.93. The van der Waals surface area contributed by atoms with Crippen molar-refractivity contribution >= 4 is 16.7 Å². The molecule has 1 unspecified atom stereocenters. The molecular weight excluding hydrogens is 344 g/mol. The molecule has 3 heterocycles. The Morgan fingerprint density at radius 3 is 3.07 bits per heavy atom. The molecule has 0 bridgehead atoms. The lowest BCUT2D eigenvalue weighted by atomic mass is 10.1. The van der Waals surface area contributed by atoms with Gasteiger partial charge in [0.05, 0.1) is 0 Å². The summed E-state index contributed by atoms with van der Waals surface area (Å²) >= 11 is 0. The van der Waals surface area contributed by atoms with Crippen LogP contribution in [-0.4, -0.2) is 59.1 Å². The van der Waals surface area contributed by atoms with Crippen molar-refractivity contribution in [1.82, 2.24) is 19.9 Å². The van der Waals surface area contributed by atoms with Crippen LogP contribution in [0.15, 0.2) is 47.2 Å². The van der Waals surface area contributed by atoms with Crippen LogP contribution < -0.4 is 4.74 Å². The lowest BCUT2D eigenvalue weighted by Crippen LogP contribution is -2.34. The van der Waals surface area contributed by atoms with Gasteiger partial charge in [-0.3, -0.25) is 9.78 Å². The Bertz CT molecular complexity index is 948. The summed E-state index contributed by atoms with van der Waals surface area (Å²) in [6.07, 6.45) is 4.50. The molecule has 1 aliphatic rings. The third-order valence-corrected chi connectivity index (χ3v) is 4.97. The van der Waals surface area contributed by atoms with Gasteiger partial charge in [-0.1, -0.05) is 17.3 Å². The maximum atomic E-state index is 12.6. The van der Waals surface area contributed by atoms with Crippen molar-refractivity contribution in [2.45, 2.75) is 19.1 Å². The van der Waals surface area contributed by atoms with Gasteiger partial charge in [0.2, 0.25) is 0 Å². The highest BCUT2D eigenvalue weighted by Gasteiger charge is 2.29. The van der Waals surface area contributed by atoms with Crippen LogP contribution in [-0.2, 0) is 6.61 Å². The van der Waals surface area contributed by atoms with Crippen molar-refractivity contribution < 1.29 is 14.1 Å². The van der Waals surface area contributed by atoms with Gasteiger partial charge >= 0.3 is 0 Å². The van der Waals surface area contributed by atoms with Crippen molar-refractivity contribution in [3.8, 4) is 5.75 Å². The van der Waals surface area contributed by atoms with E-state index in [-0.39, 0.29) is 12.5 Å². The van der Waals surface area contributed by atoms with Crippen LogP contribution in [0.4, 0.5) is 0 Å². The van der Waals surface area contributed by atoms with E-state index in [0.29, 0.717) is 24.0 Å². The van der Waals surface area contributed by atoms with Crippen LogP contribution in [0.5, 0.6) is 5.75 Å². The number of amides is 1. The number of likely N-dealkylation sites (tertiary alicyclic amines) is 1. The number of likely N-dealkylation sites (N-methyl/N-ethyl adjacent to an activating group) is 1. The summed E-state index contributed by atoms with van der Waals surface area (Å²) in [4.78, 5) is 20.7. The van der Waals surface area contributed by atoms with Gasteiger partial charge < -0.3 is 19.1 Å². The highest BCUT2D eigenvalue weighted by Crippen LogP contribution is 2.25. The van der Waals surface area contributed by atoms with E-state index in [2.05, 4.69) is 15.0 Å². The summed E-state index contributed by atoms with van der Waals surface area (Å²) in [5.41, 5.74) is 0.329. The Morgan fingerprint density at radius 2 is 2.26 bits per heavy atom. The molecule has 2 aromatic heterocycles. The zero-order valence-electron chi connectivity index (χ0n) is 15.5. The molecule has 7 heteroatoms. The molecule has 1 saturated heterocycles. The maximum absolute atomic E-state index is 12.6. The fourth-order valence-electron chi connectivity index (χ4n) is 3.36. The van der Waals surface area contributed by atoms with Gasteiger partial charge in [-0.2, -0.15) is 0 Å². The van der Waals surface area contributed by atoms with Crippen molar-refractivity contribution in [3.63, 3.8) is 0 Å².